The van der Waals surface area contributed by atoms with Gasteiger partial charge in [0, 0.05) is 31.8 Å². The van der Waals surface area contributed by atoms with Gasteiger partial charge in [0.1, 0.15) is 0 Å². The van der Waals surface area contributed by atoms with Gasteiger partial charge in [-0.05, 0) is 0 Å². The minimum atomic E-state index is -0.181. The van der Waals surface area contributed by atoms with Crippen LogP contribution in [-0.4, -0.2) is 30.8 Å². The van der Waals surface area contributed by atoms with E-state index < -0.39 is 0 Å². The molecule has 0 aliphatic rings. The van der Waals surface area contributed by atoms with Crippen LogP contribution >= 0.6 is 11.6 Å². The van der Waals surface area contributed by atoms with Crippen molar-refractivity contribution in [3.63, 3.8) is 0 Å². The molecule has 0 fully saturated rings. The Labute approximate surface area is 83.0 Å². The average molecular weight is 207 g/mol. The smallest absolute Gasteiger partial charge is 0.224 e. The Morgan fingerprint density at radius 1 is 1.31 bits per heavy atom. The van der Waals surface area contributed by atoms with E-state index >= 15 is 0 Å². The van der Waals surface area contributed by atoms with Crippen molar-refractivity contribution in [2.24, 2.45) is 5.92 Å². The molecule has 2 N–H and O–H groups in total. The van der Waals surface area contributed by atoms with Gasteiger partial charge in [0.05, 0.1) is 0 Å². The highest BCUT2D eigenvalue weighted by Crippen LogP contribution is 1.96. The van der Waals surface area contributed by atoms with Gasteiger partial charge >= 0.3 is 0 Å². The first kappa shape index (κ1) is 12.2. The molecule has 4 nitrogen and oxygen atoms in total. The Balaban J connectivity index is 3.42. The molecule has 2 amide bonds. The van der Waals surface area contributed by atoms with E-state index in [0.717, 1.165) is 0 Å². The van der Waals surface area contributed by atoms with Gasteiger partial charge in [-0.25, -0.2) is 0 Å². The molecular weight excluding hydrogens is 192 g/mol. The van der Waals surface area contributed by atoms with Crippen LogP contribution in [0.25, 0.3) is 0 Å². The van der Waals surface area contributed by atoms with Gasteiger partial charge in [0.2, 0.25) is 11.8 Å². The summed E-state index contributed by atoms with van der Waals surface area (Å²) in [6, 6.07) is 0. The third-order valence-corrected chi connectivity index (χ3v) is 1.94. The van der Waals surface area contributed by atoms with E-state index in [1.165, 1.54) is 6.92 Å². The van der Waals surface area contributed by atoms with Crippen LogP contribution in [0.4, 0.5) is 0 Å². The second-order valence-electron chi connectivity index (χ2n) is 2.83. The van der Waals surface area contributed by atoms with Crippen LogP contribution in [0.15, 0.2) is 0 Å². The number of carbonyl (C=O) groups excluding carboxylic acids is 2. The van der Waals surface area contributed by atoms with E-state index in [1.54, 1.807) is 6.92 Å². The van der Waals surface area contributed by atoms with Gasteiger partial charge in [-0.15, -0.1) is 11.6 Å². The first-order chi connectivity index (χ1) is 6.07. The summed E-state index contributed by atoms with van der Waals surface area (Å²) in [6.07, 6.45) is 0. The summed E-state index contributed by atoms with van der Waals surface area (Å²) in [7, 11) is 0. The lowest BCUT2D eigenvalue weighted by Gasteiger charge is -2.08. The lowest BCUT2D eigenvalue weighted by molar-refractivity contribution is -0.124. The highest BCUT2D eigenvalue weighted by molar-refractivity contribution is 6.19. The molecule has 1 unspecified atom stereocenters. The first-order valence-electron chi connectivity index (χ1n) is 4.16. The molecule has 0 heterocycles. The van der Waals surface area contributed by atoms with Crippen LogP contribution in [0.3, 0.4) is 0 Å². The molecule has 76 valence electrons. The summed E-state index contributed by atoms with van der Waals surface area (Å²) in [5.74, 6) is -0.0506. The highest BCUT2D eigenvalue weighted by Gasteiger charge is 2.09. The van der Waals surface area contributed by atoms with Crippen molar-refractivity contribution < 1.29 is 9.59 Å². The zero-order valence-electron chi connectivity index (χ0n) is 7.89. The van der Waals surface area contributed by atoms with E-state index in [2.05, 4.69) is 10.6 Å². The summed E-state index contributed by atoms with van der Waals surface area (Å²) in [5, 5.41) is 5.22. The summed E-state index contributed by atoms with van der Waals surface area (Å²) in [4.78, 5) is 21.5. The maximum atomic E-state index is 11.1. The Bertz CT molecular complexity index is 185. The molecule has 0 aromatic rings. The lowest BCUT2D eigenvalue weighted by atomic mass is 10.2. The number of alkyl halides is 1. The SMILES string of the molecule is CC(=O)NCCNC(=O)C(C)CCl. The topological polar surface area (TPSA) is 58.2 Å². The molecule has 0 aliphatic carbocycles. The van der Waals surface area contributed by atoms with Crippen LogP contribution in [0.5, 0.6) is 0 Å². The van der Waals surface area contributed by atoms with Crippen molar-refractivity contribution in [1.29, 1.82) is 0 Å². The van der Waals surface area contributed by atoms with Crippen molar-refractivity contribution in [3.05, 3.63) is 0 Å². The fraction of sp³-hybridized carbons (Fsp3) is 0.750. The van der Waals surface area contributed by atoms with Crippen LogP contribution < -0.4 is 10.6 Å². The van der Waals surface area contributed by atoms with Crippen molar-refractivity contribution in [3.8, 4) is 0 Å². The standard InChI is InChI=1S/C8H15ClN2O2/c1-6(5-9)8(13)11-4-3-10-7(2)12/h6H,3-5H2,1-2H3,(H,10,12)(H,11,13). The molecule has 5 heteroatoms. The minimum absolute atomic E-state index is 0.0830. The molecule has 0 rings (SSSR count). The normalized spacial score (nSPS) is 11.9. The number of nitrogens with one attached hydrogen (secondary N) is 2. The number of hydrogen-bond donors (Lipinski definition) is 2. The molecule has 0 aromatic carbocycles. The molecule has 0 radical (unpaired) electrons. The highest BCUT2D eigenvalue weighted by atomic mass is 35.5. The third-order valence-electron chi connectivity index (χ3n) is 1.48. The number of rotatable bonds is 5. The Morgan fingerprint density at radius 3 is 2.31 bits per heavy atom. The second kappa shape index (κ2) is 6.71. The molecule has 0 bridgehead atoms. The predicted molar refractivity (Wildman–Crippen MR) is 51.6 cm³/mol. The molecule has 0 saturated heterocycles. The lowest BCUT2D eigenvalue weighted by Crippen LogP contribution is -2.36. The van der Waals surface area contributed by atoms with E-state index in [9.17, 15) is 9.59 Å². The third kappa shape index (κ3) is 6.40. The Morgan fingerprint density at radius 2 is 1.85 bits per heavy atom. The van der Waals surface area contributed by atoms with Gasteiger partial charge in [-0.2, -0.15) is 0 Å². The molecule has 0 aromatic heterocycles. The second-order valence-corrected chi connectivity index (χ2v) is 3.14. The number of carbonyl (C=O) groups is 2. The summed E-state index contributed by atoms with van der Waals surface area (Å²) < 4.78 is 0. The Kier molecular flexibility index (Phi) is 6.32. The maximum absolute atomic E-state index is 11.1. The summed E-state index contributed by atoms with van der Waals surface area (Å²) in [5.41, 5.74) is 0. The molecule has 0 saturated carbocycles. The molecule has 0 spiro atoms. The van der Waals surface area contributed by atoms with Gasteiger partial charge in [0.15, 0.2) is 0 Å². The van der Waals surface area contributed by atoms with E-state index in [-0.39, 0.29) is 17.7 Å². The van der Waals surface area contributed by atoms with Gasteiger partial charge in [0.25, 0.3) is 0 Å². The number of amides is 2. The minimum Gasteiger partial charge on any atom is -0.355 e. The molecule has 13 heavy (non-hydrogen) atoms. The predicted octanol–water partition coefficient (Wildman–Crippen LogP) is 0.114. The zero-order valence-corrected chi connectivity index (χ0v) is 8.65. The first-order valence-corrected chi connectivity index (χ1v) is 4.69. The van der Waals surface area contributed by atoms with Crippen LogP contribution in [0, 0.1) is 5.92 Å². The van der Waals surface area contributed by atoms with Crippen LogP contribution in [0.1, 0.15) is 13.8 Å². The van der Waals surface area contributed by atoms with Crippen LogP contribution in [-0.2, 0) is 9.59 Å². The van der Waals surface area contributed by atoms with Crippen molar-refractivity contribution in [1.82, 2.24) is 10.6 Å². The monoisotopic (exact) mass is 206 g/mol. The zero-order chi connectivity index (χ0) is 10.3. The molecule has 1 atom stereocenters. The van der Waals surface area contributed by atoms with Gasteiger partial charge < -0.3 is 10.6 Å². The van der Waals surface area contributed by atoms with Crippen molar-refractivity contribution >= 4 is 23.4 Å². The van der Waals surface area contributed by atoms with Gasteiger partial charge in [-0.3, -0.25) is 9.59 Å². The fourth-order valence-electron chi connectivity index (χ4n) is 0.669. The molecule has 0 aliphatic heterocycles. The summed E-state index contributed by atoms with van der Waals surface area (Å²) in [6.45, 7) is 4.08. The van der Waals surface area contributed by atoms with E-state index in [0.29, 0.717) is 19.0 Å². The van der Waals surface area contributed by atoms with E-state index in [1.807, 2.05) is 0 Å². The van der Waals surface area contributed by atoms with Gasteiger partial charge in [-0.1, -0.05) is 6.92 Å². The Hall–Kier alpha value is -0.770. The van der Waals surface area contributed by atoms with Crippen molar-refractivity contribution in [2.75, 3.05) is 19.0 Å². The van der Waals surface area contributed by atoms with Crippen LogP contribution in [0.2, 0.25) is 0 Å². The quantitative estimate of drug-likeness (QED) is 0.496. The van der Waals surface area contributed by atoms with E-state index in [4.69, 9.17) is 11.6 Å². The number of hydrogen-bond acceptors (Lipinski definition) is 2. The number of halogens is 1. The summed E-state index contributed by atoms with van der Waals surface area (Å²) >= 11 is 5.48. The fourth-order valence-corrected chi connectivity index (χ4v) is 0.809. The molecular formula is C8H15ClN2O2. The maximum Gasteiger partial charge on any atom is 0.224 e. The average Bonchev–Trinajstić information content (AvgIpc) is 2.10. The van der Waals surface area contributed by atoms with Crippen molar-refractivity contribution in [2.45, 2.75) is 13.8 Å². The largest absolute Gasteiger partial charge is 0.355 e.